The van der Waals surface area contributed by atoms with Crippen LogP contribution < -0.4 is 10.0 Å². The highest BCUT2D eigenvalue weighted by Crippen LogP contribution is 2.28. The molecule has 0 aliphatic carbocycles. The highest BCUT2D eigenvalue weighted by molar-refractivity contribution is 9.10. The predicted molar refractivity (Wildman–Crippen MR) is 130 cm³/mol. The fourth-order valence-electron chi connectivity index (χ4n) is 3.22. The Kier molecular flexibility index (Phi) is 6.54. The monoisotopic (exact) mass is 530 g/mol. The molecule has 0 saturated heterocycles. The average Bonchev–Trinajstić information content (AvgIpc) is 3.26. The van der Waals surface area contributed by atoms with Crippen LogP contribution in [0.4, 0.5) is 5.69 Å². The molecule has 1 amide bonds. The van der Waals surface area contributed by atoms with Gasteiger partial charge in [0.25, 0.3) is 15.9 Å². The molecular formula is C22H19BrN4O3S2. The van der Waals surface area contributed by atoms with Gasteiger partial charge >= 0.3 is 0 Å². The summed E-state index contributed by atoms with van der Waals surface area (Å²) in [5.74, 6) is -0.273. The first kappa shape index (κ1) is 22.4. The summed E-state index contributed by atoms with van der Waals surface area (Å²) < 4.78 is 34.1. The van der Waals surface area contributed by atoms with Crippen molar-refractivity contribution in [1.29, 1.82) is 0 Å². The van der Waals surface area contributed by atoms with Crippen molar-refractivity contribution in [3.63, 3.8) is 0 Å². The Bertz CT molecular complexity index is 1370. The molecule has 0 bridgehead atoms. The van der Waals surface area contributed by atoms with E-state index < -0.39 is 10.0 Å². The third-order valence-corrected chi connectivity index (χ3v) is 7.49. The van der Waals surface area contributed by atoms with Gasteiger partial charge in [-0.2, -0.15) is 12.8 Å². The second-order valence-corrected chi connectivity index (χ2v) is 10.5. The molecule has 1 atom stereocenters. The van der Waals surface area contributed by atoms with Gasteiger partial charge in [-0.25, -0.2) is 4.98 Å². The molecule has 2 heterocycles. The van der Waals surface area contributed by atoms with Crippen LogP contribution in [0.2, 0.25) is 0 Å². The lowest BCUT2D eigenvalue weighted by atomic mass is 10.0. The van der Waals surface area contributed by atoms with Crippen LogP contribution >= 0.6 is 27.5 Å². The number of benzene rings is 2. The highest BCUT2D eigenvalue weighted by Gasteiger charge is 2.23. The zero-order chi connectivity index (χ0) is 22.7. The lowest BCUT2D eigenvalue weighted by Crippen LogP contribution is -2.28. The summed E-state index contributed by atoms with van der Waals surface area (Å²) in [6.07, 6.45) is 2.90. The first-order chi connectivity index (χ1) is 15.3. The molecule has 4 aromatic rings. The van der Waals surface area contributed by atoms with Crippen LogP contribution in [0, 0.1) is 0 Å². The van der Waals surface area contributed by atoms with Gasteiger partial charge in [-0.1, -0.05) is 53.2 Å². The molecule has 0 fully saturated rings. The minimum atomic E-state index is -4.05. The fraction of sp³-hybridized carbons (Fsp3) is 0.136. The van der Waals surface area contributed by atoms with Crippen molar-refractivity contribution >= 4 is 59.2 Å². The topological polar surface area (TPSA) is 101 Å². The third-order valence-electron chi connectivity index (χ3n) is 4.91. The van der Waals surface area contributed by atoms with Gasteiger partial charge in [0.1, 0.15) is 0 Å². The molecule has 0 aliphatic rings. The van der Waals surface area contributed by atoms with E-state index in [2.05, 4.69) is 35.3 Å². The Morgan fingerprint density at radius 1 is 1.16 bits per heavy atom. The van der Waals surface area contributed by atoms with Crippen molar-refractivity contribution in [3.05, 3.63) is 82.6 Å². The number of nitrogens with zero attached hydrogens (tertiary/aromatic N) is 2. The van der Waals surface area contributed by atoms with Gasteiger partial charge in [0, 0.05) is 17.2 Å². The maximum absolute atomic E-state index is 13.1. The van der Waals surface area contributed by atoms with Gasteiger partial charge in [0.05, 0.1) is 27.5 Å². The number of fused-ring (bicyclic) bond motifs is 1. The van der Waals surface area contributed by atoms with Crippen LogP contribution in [-0.4, -0.2) is 30.2 Å². The van der Waals surface area contributed by atoms with E-state index in [1.54, 1.807) is 24.3 Å². The number of aromatic nitrogens is 2. The second-order valence-electron chi connectivity index (χ2n) is 7.17. The number of halogens is 1. The van der Waals surface area contributed by atoms with E-state index in [1.807, 2.05) is 37.3 Å². The largest absolute Gasteiger partial charge is 0.351 e. The van der Waals surface area contributed by atoms with E-state index in [9.17, 15) is 13.2 Å². The van der Waals surface area contributed by atoms with Crippen LogP contribution in [0.1, 0.15) is 28.8 Å². The first-order valence-electron chi connectivity index (χ1n) is 9.70. The molecule has 32 heavy (non-hydrogen) atoms. The first-order valence-corrected chi connectivity index (χ1v) is 12.7. The smallest absolute Gasteiger partial charge is 0.280 e. The molecule has 2 aromatic carbocycles. The maximum Gasteiger partial charge on any atom is 0.280 e. The SMILES string of the molecule is C[C@H](CNC(=O)c1ccc(Br)cc1NS(=O)(=O)c1nccc2sncc12)c1ccccc1. The lowest BCUT2D eigenvalue weighted by Gasteiger charge is -2.16. The molecule has 164 valence electrons. The number of hydrogen-bond donors (Lipinski definition) is 2. The molecule has 4 rings (SSSR count). The minimum Gasteiger partial charge on any atom is -0.351 e. The van der Waals surface area contributed by atoms with Crippen LogP contribution in [0.15, 0.2) is 76.5 Å². The van der Waals surface area contributed by atoms with Crippen LogP contribution in [0.5, 0.6) is 0 Å². The van der Waals surface area contributed by atoms with E-state index >= 15 is 0 Å². The van der Waals surface area contributed by atoms with Crippen LogP contribution in [0.25, 0.3) is 10.1 Å². The summed E-state index contributed by atoms with van der Waals surface area (Å²) in [7, 11) is -4.05. The summed E-state index contributed by atoms with van der Waals surface area (Å²) in [5, 5.41) is 3.20. The third kappa shape index (κ3) is 4.82. The number of pyridine rings is 1. The van der Waals surface area contributed by atoms with E-state index in [1.165, 1.54) is 23.9 Å². The predicted octanol–water partition coefficient (Wildman–Crippen LogP) is 4.79. The molecule has 0 aliphatic heterocycles. The Balaban J connectivity index is 1.58. The Hall–Kier alpha value is -2.82. The number of carbonyl (C=O) groups excluding carboxylic acids is 1. The molecule has 0 unspecified atom stereocenters. The summed E-state index contributed by atoms with van der Waals surface area (Å²) in [5.41, 5.74) is 1.48. The van der Waals surface area contributed by atoms with Crippen LogP contribution in [-0.2, 0) is 10.0 Å². The van der Waals surface area contributed by atoms with E-state index in [4.69, 9.17) is 0 Å². The van der Waals surface area contributed by atoms with Crippen molar-refractivity contribution in [3.8, 4) is 0 Å². The average molecular weight is 531 g/mol. The quantitative estimate of drug-likeness (QED) is 0.357. The van der Waals surface area contributed by atoms with Crippen molar-refractivity contribution < 1.29 is 13.2 Å². The van der Waals surface area contributed by atoms with Crippen molar-refractivity contribution in [1.82, 2.24) is 14.7 Å². The van der Waals surface area contributed by atoms with Gasteiger partial charge in [-0.05, 0) is 47.3 Å². The molecule has 7 nitrogen and oxygen atoms in total. The molecular weight excluding hydrogens is 512 g/mol. The van der Waals surface area contributed by atoms with Gasteiger partial charge in [-0.3, -0.25) is 9.52 Å². The van der Waals surface area contributed by atoms with E-state index in [-0.39, 0.29) is 28.1 Å². The number of anilines is 1. The van der Waals surface area contributed by atoms with E-state index in [0.717, 1.165) is 5.56 Å². The zero-order valence-corrected chi connectivity index (χ0v) is 20.2. The Morgan fingerprint density at radius 2 is 1.94 bits per heavy atom. The molecule has 10 heteroatoms. The summed E-state index contributed by atoms with van der Waals surface area (Å²) in [6, 6.07) is 16.4. The fourth-order valence-corrected chi connectivity index (χ4v) is 5.49. The summed E-state index contributed by atoms with van der Waals surface area (Å²) >= 11 is 4.53. The molecule has 2 N–H and O–H groups in total. The maximum atomic E-state index is 13.1. The molecule has 0 spiro atoms. The van der Waals surface area contributed by atoms with Gasteiger partial charge < -0.3 is 5.32 Å². The van der Waals surface area contributed by atoms with Crippen molar-refractivity contribution in [2.45, 2.75) is 17.9 Å². The van der Waals surface area contributed by atoms with Crippen molar-refractivity contribution in [2.24, 2.45) is 0 Å². The molecule has 2 aromatic heterocycles. The number of carbonyl (C=O) groups is 1. The molecule has 0 saturated carbocycles. The van der Waals surface area contributed by atoms with Gasteiger partial charge in [0.15, 0.2) is 5.03 Å². The van der Waals surface area contributed by atoms with Gasteiger partial charge in [-0.15, -0.1) is 0 Å². The minimum absolute atomic E-state index is 0.101. The van der Waals surface area contributed by atoms with Crippen LogP contribution in [0.3, 0.4) is 0 Å². The summed E-state index contributed by atoms with van der Waals surface area (Å²) in [6.45, 7) is 2.43. The number of sulfonamides is 1. The summed E-state index contributed by atoms with van der Waals surface area (Å²) in [4.78, 5) is 17.0. The number of hydrogen-bond acceptors (Lipinski definition) is 6. The Labute approximate surface area is 198 Å². The van der Waals surface area contributed by atoms with Gasteiger partial charge in [0.2, 0.25) is 0 Å². The standard InChI is InChI=1S/C22H19BrN4O3S2/c1-14(15-5-3-2-4-6-15)12-25-21(28)17-8-7-16(23)11-19(17)27-32(29,30)22-18-13-26-31-20(18)9-10-24-22/h2-11,13-14,27H,12H2,1H3,(H,25,28)/t14-/m1/s1. The Morgan fingerprint density at radius 3 is 2.72 bits per heavy atom. The highest BCUT2D eigenvalue weighted by atomic mass is 79.9. The number of amides is 1. The second kappa shape index (κ2) is 9.35. The number of rotatable bonds is 7. The van der Waals surface area contributed by atoms with E-state index in [0.29, 0.717) is 21.1 Å². The van der Waals surface area contributed by atoms with Crippen molar-refractivity contribution in [2.75, 3.05) is 11.3 Å². The normalized spacial score (nSPS) is 12.4. The zero-order valence-electron chi connectivity index (χ0n) is 16.9. The number of nitrogens with one attached hydrogen (secondary N) is 2. The molecule has 0 radical (unpaired) electrons. The lowest BCUT2D eigenvalue weighted by molar-refractivity contribution is 0.0952.